The summed E-state index contributed by atoms with van der Waals surface area (Å²) in [6.45, 7) is 6.39. The van der Waals surface area contributed by atoms with Crippen molar-refractivity contribution < 1.29 is 14.3 Å². The summed E-state index contributed by atoms with van der Waals surface area (Å²) < 4.78 is 11.1. The maximum absolute atomic E-state index is 12.5. The van der Waals surface area contributed by atoms with Gasteiger partial charge in [0.15, 0.2) is 11.5 Å². The van der Waals surface area contributed by atoms with Crippen LogP contribution in [0.5, 0.6) is 11.5 Å². The fourth-order valence-electron chi connectivity index (χ4n) is 2.61. The second-order valence-electron chi connectivity index (χ2n) is 5.67. The number of hydrogen-bond acceptors (Lipinski definition) is 4. The van der Waals surface area contributed by atoms with Gasteiger partial charge >= 0.3 is 6.03 Å². The smallest absolute Gasteiger partial charge is 0.318 e. The van der Waals surface area contributed by atoms with E-state index in [0.717, 1.165) is 17.1 Å². The third-order valence-corrected chi connectivity index (χ3v) is 4.86. The Balaban J connectivity index is 1.64. The van der Waals surface area contributed by atoms with Crippen molar-refractivity contribution in [3.8, 4) is 11.5 Å². The predicted octanol–water partition coefficient (Wildman–Crippen LogP) is 3.81. The van der Waals surface area contributed by atoms with Crippen LogP contribution in [-0.4, -0.2) is 30.7 Å². The highest BCUT2D eigenvalue weighted by atomic mass is 32.1. The number of nitrogens with one attached hydrogen (secondary N) is 1. The van der Waals surface area contributed by atoms with E-state index in [2.05, 4.69) is 5.32 Å². The summed E-state index contributed by atoms with van der Waals surface area (Å²) >= 11 is 1.66. The second-order valence-corrected chi connectivity index (χ2v) is 6.70. The molecule has 1 aromatic carbocycles. The molecule has 0 radical (unpaired) electrons. The third kappa shape index (κ3) is 3.82. The van der Waals surface area contributed by atoms with E-state index in [1.54, 1.807) is 16.2 Å². The van der Waals surface area contributed by atoms with Gasteiger partial charge in [0.05, 0.1) is 12.6 Å². The van der Waals surface area contributed by atoms with E-state index in [1.165, 1.54) is 4.88 Å². The lowest BCUT2D eigenvalue weighted by molar-refractivity contribution is 0.171. The molecule has 1 N–H and O–H groups in total. The van der Waals surface area contributed by atoms with Crippen molar-refractivity contribution in [1.29, 1.82) is 0 Å². The summed E-state index contributed by atoms with van der Waals surface area (Å²) in [6.07, 6.45) is 0. The van der Waals surface area contributed by atoms with E-state index in [0.29, 0.717) is 26.3 Å². The molecule has 1 aliphatic rings. The van der Waals surface area contributed by atoms with Gasteiger partial charge in [0.2, 0.25) is 0 Å². The largest absolute Gasteiger partial charge is 0.486 e. The molecule has 0 spiro atoms. The van der Waals surface area contributed by atoms with E-state index in [4.69, 9.17) is 9.47 Å². The molecule has 1 atom stereocenters. The van der Waals surface area contributed by atoms with Gasteiger partial charge in [-0.15, -0.1) is 11.3 Å². The summed E-state index contributed by atoms with van der Waals surface area (Å²) in [7, 11) is 0. The van der Waals surface area contributed by atoms with Gasteiger partial charge in [0.1, 0.15) is 13.2 Å². The highest BCUT2D eigenvalue weighted by molar-refractivity contribution is 7.09. The highest BCUT2D eigenvalue weighted by Crippen LogP contribution is 2.32. The van der Waals surface area contributed by atoms with E-state index in [-0.39, 0.29) is 12.1 Å². The lowest BCUT2D eigenvalue weighted by Crippen LogP contribution is -2.40. The number of hydrogen-bond donors (Lipinski definition) is 1. The zero-order chi connectivity index (χ0) is 16.9. The first-order chi connectivity index (χ1) is 11.7. The minimum Gasteiger partial charge on any atom is -0.486 e. The van der Waals surface area contributed by atoms with Gasteiger partial charge in [-0.3, -0.25) is 0 Å². The summed E-state index contributed by atoms with van der Waals surface area (Å²) in [4.78, 5) is 15.5. The number of fused-ring (bicyclic) bond motifs is 1. The van der Waals surface area contributed by atoms with Crippen molar-refractivity contribution in [2.45, 2.75) is 26.4 Å². The molecule has 1 aliphatic heterocycles. The molecule has 24 heavy (non-hydrogen) atoms. The van der Waals surface area contributed by atoms with Gasteiger partial charge in [-0.25, -0.2) is 4.79 Å². The van der Waals surface area contributed by atoms with Crippen LogP contribution in [-0.2, 0) is 6.54 Å². The maximum Gasteiger partial charge on any atom is 0.318 e. The van der Waals surface area contributed by atoms with Gasteiger partial charge in [-0.2, -0.15) is 0 Å². The number of thiophene rings is 1. The van der Waals surface area contributed by atoms with Crippen LogP contribution in [0.4, 0.5) is 4.79 Å². The van der Waals surface area contributed by atoms with Crippen molar-refractivity contribution in [3.05, 3.63) is 46.2 Å². The Hall–Kier alpha value is -2.21. The summed E-state index contributed by atoms with van der Waals surface area (Å²) in [5.74, 6) is 1.50. The lowest BCUT2D eigenvalue weighted by Gasteiger charge is -2.25. The molecular formula is C18H22N2O3S. The first-order valence-corrected chi connectivity index (χ1v) is 9.02. The molecule has 5 nitrogen and oxygen atoms in total. The van der Waals surface area contributed by atoms with E-state index in [9.17, 15) is 4.79 Å². The Morgan fingerprint density at radius 2 is 2.08 bits per heavy atom. The van der Waals surface area contributed by atoms with Crippen LogP contribution in [0.3, 0.4) is 0 Å². The van der Waals surface area contributed by atoms with Crippen molar-refractivity contribution in [3.63, 3.8) is 0 Å². The van der Waals surface area contributed by atoms with Crippen LogP contribution < -0.4 is 14.8 Å². The molecule has 128 valence electrons. The molecule has 0 fully saturated rings. The van der Waals surface area contributed by atoms with Crippen LogP contribution in [0.2, 0.25) is 0 Å². The maximum atomic E-state index is 12.5. The number of benzene rings is 1. The first kappa shape index (κ1) is 16.6. The quantitative estimate of drug-likeness (QED) is 0.895. The minimum absolute atomic E-state index is 0.0618. The van der Waals surface area contributed by atoms with Gasteiger partial charge in [0.25, 0.3) is 0 Å². The van der Waals surface area contributed by atoms with Gasteiger partial charge in [-0.1, -0.05) is 12.1 Å². The molecule has 1 unspecified atom stereocenters. The standard InChI is InChI=1S/C18H22N2O3S/c1-3-20(12-15-5-4-10-24-15)18(21)19-13(2)14-6-7-16-17(11-14)23-9-8-22-16/h4-7,10-11,13H,3,8-9,12H2,1-2H3,(H,19,21). The number of carbonyl (C=O) groups excluding carboxylic acids is 1. The van der Waals surface area contributed by atoms with Crippen molar-refractivity contribution in [2.75, 3.05) is 19.8 Å². The number of urea groups is 1. The average Bonchev–Trinajstić information content (AvgIpc) is 3.12. The molecule has 0 bridgehead atoms. The Labute approximate surface area is 146 Å². The van der Waals surface area contributed by atoms with Crippen LogP contribution >= 0.6 is 11.3 Å². The van der Waals surface area contributed by atoms with Gasteiger partial charge in [0, 0.05) is 11.4 Å². The zero-order valence-electron chi connectivity index (χ0n) is 14.0. The summed E-state index contributed by atoms with van der Waals surface area (Å²) in [5, 5.41) is 5.09. The SMILES string of the molecule is CCN(Cc1cccs1)C(=O)NC(C)c1ccc2c(c1)OCCO2. The van der Waals surface area contributed by atoms with E-state index >= 15 is 0 Å². The number of amides is 2. The second kappa shape index (κ2) is 7.57. The fourth-order valence-corrected chi connectivity index (χ4v) is 3.33. The van der Waals surface area contributed by atoms with Crippen molar-refractivity contribution in [1.82, 2.24) is 10.2 Å². The van der Waals surface area contributed by atoms with Crippen LogP contribution in [0, 0.1) is 0 Å². The number of carbonyl (C=O) groups is 1. The zero-order valence-corrected chi connectivity index (χ0v) is 14.8. The third-order valence-electron chi connectivity index (χ3n) is 4.00. The summed E-state index contributed by atoms with van der Waals surface area (Å²) in [5.41, 5.74) is 1.000. The molecule has 6 heteroatoms. The van der Waals surface area contributed by atoms with E-state index in [1.807, 2.05) is 49.6 Å². The fraction of sp³-hybridized carbons (Fsp3) is 0.389. The molecule has 2 heterocycles. The van der Waals surface area contributed by atoms with Crippen molar-refractivity contribution in [2.24, 2.45) is 0 Å². The van der Waals surface area contributed by atoms with Crippen LogP contribution in [0.15, 0.2) is 35.7 Å². The molecule has 2 aromatic rings. The van der Waals surface area contributed by atoms with Gasteiger partial charge < -0.3 is 19.7 Å². The molecule has 1 aromatic heterocycles. The Morgan fingerprint density at radius 1 is 1.29 bits per heavy atom. The Morgan fingerprint density at radius 3 is 2.79 bits per heavy atom. The Bertz CT molecular complexity index is 688. The predicted molar refractivity (Wildman–Crippen MR) is 94.8 cm³/mol. The number of ether oxygens (including phenoxy) is 2. The van der Waals surface area contributed by atoms with Crippen molar-refractivity contribution >= 4 is 17.4 Å². The molecule has 0 aliphatic carbocycles. The average molecular weight is 346 g/mol. The molecule has 0 saturated carbocycles. The lowest BCUT2D eigenvalue weighted by atomic mass is 10.1. The topological polar surface area (TPSA) is 50.8 Å². The molecular weight excluding hydrogens is 324 g/mol. The normalized spacial score (nSPS) is 14.1. The van der Waals surface area contributed by atoms with Gasteiger partial charge in [-0.05, 0) is 43.0 Å². The monoisotopic (exact) mass is 346 g/mol. The molecule has 3 rings (SSSR count). The highest BCUT2D eigenvalue weighted by Gasteiger charge is 2.18. The first-order valence-electron chi connectivity index (χ1n) is 8.14. The van der Waals surface area contributed by atoms with E-state index < -0.39 is 0 Å². The van der Waals surface area contributed by atoms with Crippen LogP contribution in [0.1, 0.15) is 30.3 Å². The number of rotatable bonds is 5. The molecule has 2 amide bonds. The van der Waals surface area contributed by atoms with Crippen LogP contribution in [0.25, 0.3) is 0 Å². The minimum atomic E-state index is -0.106. The summed E-state index contributed by atoms with van der Waals surface area (Å²) in [6, 6.07) is 9.69. The molecule has 0 saturated heterocycles. The Kier molecular flexibility index (Phi) is 5.25. The number of nitrogens with zero attached hydrogens (tertiary/aromatic N) is 1.